The van der Waals surface area contributed by atoms with Gasteiger partial charge in [-0.3, -0.25) is 14.9 Å². The number of nitrogens with one attached hydrogen (secondary N) is 1. The van der Waals surface area contributed by atoms with Crippen LogP contribution in [0.15, 0.2) is 54.6 Å². The maximum Gasteiger partial charge on any atom is 0.282 e. The van der Waals surface area contributed by atoms with E-state index in [0.717, 1.165) is 5.56 Å². The molecule has 1 amide bonds. The molecular formula is C15H14N2O4. The van der Waals surface area contributed by atoms with Crippen molar-refractivity contribution in [3.63, 3.8) is 0 Å². The SMILES string of the molecule is O=C(N[C@@H](CO)c1ccccc1)c1ccccc1[N+](=O)[O-]. The normalized spacial score (nSPS) is 11.7. The quantitative estimate of drug-likeness (QED) is 0.650. The third-order valence-electron chi connectivity index (χ3n) is 3.04. The Bertz CT molecular complexity index is 643. The van der Waals surface area contributed by atoms with E-state index in [0.29, 0.717) is 0 Å². The maximum atomic E-state index is 12.2. The number of carbonyl (C=O) groups is 1. The number of nitro benzene ring substituents is 1. The second kappa shape index (κ2) is 6.62. The van der Waals surface area contributed by atoms with Gasteiger partial charge in [-0.15, -0.1) is 0 Å². The van der Waals surface area contributed by atoms with Gasteiger partial charge in [-0.1, -0.05) is 42.5 Å². The number of para-hydroxylation sites is 1. The van der Waals surface area contributed by atoms with Crippen LogP contribution in [-0.2, 0) is 0 Å². The van der Waals surface area contributed by atoms with Crippen molar-refractivity contribution in [3.8, 4) is 0 Å². The summed E-state index contributed by atoms with van der Waals surface area (Å²) in [5, 5.41) is 22.9. The molecule has 2 rings (SSSR count). The number of benzene rings is 2. The molecule has 0 heterocycles. The van der Waals surface area contributed by atoms with E-state index in [-0.39, 0.29) is 17.9 Å². The molecule has 0 aromatic heterocycles. The first kappa shape index (κ1) is 14.7. The average molecular weight is 286 g/mol. The first-order valence-corrected chi connectivity index (χ1v) is 6.33. The van der Waals surface area contributed by atoms with Crippen molar-refractivity contribution in [3.05, 3.63) is 75.8 Å². The zero-order chi connectivity index (χ0) is 15.2. The summed E-state index contributed by atoms with van der Waals surface area (Å²) >= 11 is 0. The van der Waals surface area contributed by atoms with E-state index in [9.17, 15) is 20.0 Å². The van der Waals surface area contributed by atoms with Crippen molar-refractivity contribution < 1.29 is 14.8 Å². The number of rotatable bonds is 5. The fourth-order valence-corrected chi connectivity index (χ4v) is 1.98. The molecule has 21 heavy (non-hydrogen) atoms. The molecule has 2 N–H and O–H groups in total. The second-order valence-electron chi connectivity index (χ2n) is 4.39. The molecule has 0 aliphatic rings. The first-order valence-electron chi connectivity index (χ1n) is 6.33. The van der Waals surface area contributed by atoms with E-state index in [2.05, 4.69) is 5.32 Å². The number of nitrogens with zero attached hydrogens (tertiary/aromatic N) is 1. The molecule has 0 aliphatic carbocycles. The zero-order valence-corrected chi connectivity index (χ0v) is 11.1. The minimum absolute atomic E-state index is 0.0307. The van der Waals surface area contributed by atoms with Gasteiger partial charge in [0.2, 0.25) is 0 Å². The van der Waals surface area contributed by atoms with Crippen LogP contribution in [0, 0.1) is 10.1 Å². The summed E-state index contributed by atoms with van der Waals surface area (Å²) in [6, 6.07) is 14.0. The van der Waals surface area contributed by atoms with E-state index in [4.69, 9.17) is 0 Å². The minimum atomic E-state index is -0.612. The topological polar surface area (TPSA) is 92.5 Å². The van der Waals surface area contributed by atoms with Crippen LogP contribution in [0.2, 0.25) is 0 Å². The number of hydrogen-bond acceptors (Lipinski definition) is 4. The molecule has 0 unspecified atom stereocenters. The van der Waals surface area contributed by atoms with Crippen molar-refractivity contribution in [2.45, 2.75) is 6.04 Å². The van der Waals surface area contributed by atoms with Gasteiger partial charge in [-0.2, -0.15) is 0 Å². The lowest BCUT2D eigenvalue weighted by molar-refractivity contribution is -0.385. The van der Waals surface area contributed by atoms with E-state index < -0.39 is 16.9 Å². The van der Waals surface area contributed by atoms with Crippen molar-refractivity contribution in [1.82, 2.24) is 5.32 Å². The van der Waals surface area contributed by atoms with Gasteiger partial charge in [0.1, 0.15) is 5.56 Å². The number of carbonyl (C=O) groups excluding carboxylic acids is 1. The molecule has 0 saturated carbocycles. The molecule has 0 fully saturated rings. The Morgan fingerprint density at radius 2 is 1.76 bits per heavy atom. The third kappa shape index (κ3) is 3.43. The maximum absolute atomic E-state index is 12.2. The summed E-state index contributed by atoms with van der Waals surface area (Å²) in [4.78, 5) is 22.5. The summed E-state index contributed by atoms with van der Waals surface area (Å²) in [5.41, 5.74) is 0.434. The summed E-state index contributed by atoms with van der Waals surface area (Å²) < 4.78 is 0. The monoisotopic (exact) mass is 286 g/mol. The highest BCUT2D eigenvalue weighted by Gasteiger charge is 2.22. The Kier molecular flexibility index (Phi) is 4.63. The number of aliphatic hydroxyl groups is 1. The first-order chi connectivity index (χ1) is 10.1. The number of nitro groups is 1. The van der Waals surface area contributed by atoms with Crippen molar-refractivity contribution in [1.29, 1.82) is 0 Å². The number of hydrogen-bond donors (Lipinski definition) is 2. The lowest BCUT2D eigenvalue weighted by atomic mass is 10.1. The van der Waals surface area contributed by atoms with Gasteiger partial charge in [0.25, 0.3) is 11.6 Å². The smallest absolute Gasteiger partial charge is 0.282 e. The molecule has 0 bridgehead atoms. The molecule has 0 spiro atoms. The molecule has 1 atom stereocenters. The second-order valence-corrected chi connectivity index (χ2v) is 4.39. The Hall–Kier alpha value is -2.73. The molecule has 2 aromatic carbocycles. The Morgan fingerprint density at radius 3 is 2.38 bits per heavy atom. The van der Waals surface area contributed by atoms with Crippen LogP contribution in [0.25, 0.3) is 0 Å². The predicted octanol–water partition coefficient (Wildman–Crippen LogP) is 2.06. The van der Waals surface area contributed by atoms with Crippen LogP contribution in [0.3, 0.4) is 0 Å². The third-order valence-corrected chi connectivity index (χ3v) is 3.04. The van der Waals surface area contributed by atoms with E-state index in [1.807, 2.05) is 6.07 Å². The molecular weight excluding hydrogens is 272 g/mol. The van der Waals surface area contributed by atoms with Gasteiger partial charge in [0, 0.05) is 6.07 Å². The standard InChI is InChI=1S/C15H14N2O4/c18-10-13(11-6-2-1-3-7-11)16-15(19)12-8-4-5-9-14(12)17(20)21/h1-9,13,18H,10H2,(H,16,19)/t13-/m0/s1. The van der Waals surface area contributed by atoms with Crippen LogP contribution in [0.5, 0.6) is 0 Å². The summed E-state index contributed by atoms with van der Waals surface area (Å²) in [6.45, 7) is -0.295. The average Bonchev–Trinajstić information content (AvgIpc) is 2.53. The zero-order valence-electron chi connectivity index (χ0n) is 11.1. The van der Waals surface area contributed by atoms with Crippen molar-refractivity contribution >= 4 is 11.6 Å². The van der Waals surface area contributed by atoms with Gasteiger partial charge in [-0.05, 0) is 11.6 Å². The van der Waals surface area contributed by atoms with Gasteiger partial charge < -0.3 is 10.4 Å². The van der Waals surface area contributed by atoms with Gasteiger partial charge in [0.05, 0.1) is 17.6 Å². The molecule has 6 nitrogen and oxygen atoms in total. The summed E-state index contributed by atoms with van der Waals surface area (Å²) in [6.07, 6.45) is 0. The Balaban J connectivity index is 2.23. The Labute approximate surface area is 121 Å². The fraction of sp³-hybridized carbons (Fsp3) is 0.133. The molecule has 0 aliphatic heterocycles. The summed E-state index contributed by atoms with van der Waals surface area (Å²) in [5.74, 6) is -0.592. The van der Waals surface area contributed by atoms with Crippen LogP contribution in [0.1, 0.15) is 22.0 Å². The lowest BCUT2D eigenvalue weighted by Gasteiger charge is -2.16. The van der Waals surface area contributed by atoms with Crippen LogP contribution in [-0.4, -0.2) is 22.5 Å². The molecule has 0 radical (unpaired) electrons. The minimum Gasteiger partial charge on any atom is -0.394 e. The van der Waals surface area contributed by atoms with Crippen molar-refractivity contribution in [2.75, 3.05) is 6.61 Å². The van der Waals surface area contributed by atoms with E-state index in [1.165, 1.54) is 18.2 Å². The largest absolute Gasteiger partial charge is 0.394 e. The Morgan fingerprint density at radius 1 is 1.14 bits per heavy atom. The number of aliphatic hydroxyl groups excluding tert-OH is 1. The fourth-order valence-electron chi connectivity index (χ4n) is 1.98. The molecule has 2 aromatic rings. The van der Waals surface area contributed by atoms with Crippen LogP contribution in [0.4, 0.5) is 5.69 Å². The number of amides is 1. The van der Waals surface area contributed by atoms with E-state index in [1.54, 1.807) is 30.3 Å². The predicted molar refractivity (Wildman–Crippen MR) is 76.8 cm³/mol. The molecule has 108 valence electrons. The molecule has 0 saturated heterocycles. The lowest BCUT2D eigenvalue weighted by Crippen LogP contribution is -2.31. The highest BCUT2D eigenvalue weighted by molar-refractivity contribution is 5.98. The van der Waals surface area contributed by atoms with Crippen LogP contribution < -0.4 is 5.32 Å². The highest BCUT2D eigenvalue weighted by Crippen LogP contribution is 2.19. The van der Waals surface area contributed by atoms with Gasteiger partial charge in [-0.25, -0.2) is 0 Å². The highest BCUT2D eigenvalue weighted by atomic mass is 16.6. The summed E-state index contributed by atoms with van der Waals surface area (Å²) in [7, 11) is 0. The van der Waals surface area contributed by atoms with Crippen molar-refractivity contribution in [2.24, 2.45) is 0 Å². The van der Waals surface area contributed by atoms with Crippen LogP contribution >= 0.6 is 0 Å². The molecule has 6 heteroatoms. The van der Waals surface area contributed by atoms with E-state index >= 15 is 0 Å². The van der Waals surface area contributed by atoms with Gasteiger partial charge >= 0.3 is 0 Å². The van der Waals surface area contributed by atoms with Gasteiger partial charge in [0.15, 0.2) is 0 Å².